The van der Waals surface area contributed by atoms with Gasteiger partial charge in [0.15, 0.2) is 0 Å². The summed E-state index contributed by atoms with van der Waals surface area (Å²) in [5, 5.41) is -0.729. The predicted molar refractivity (Wildman–Crippen MR) is 62.0 cm³/mol. The monoisotopic (exact) mass is 252 g/mol. The van der Waals surface area contributed by atoms with Gasteiger partial charge in [0.2, 0.25) is 0 Å². The molecule has 0 atom stereocenters. The Hall–Kier alpha value is -1.74. The van der Waals surface area contributed by atoms with E-state index < -0.39 is 11.1 Å². The quantitative estimate of drug-likeness (QED) is 0.738. The van der Waals surface area contributed by atoms with Crippen molar-refractivity contribution in [2.24, 2.45) is 0 Å². The molecule has 0 aliphatic heterocycles. The fourth-order valence-corrected chi connectivity index (χ4v) is 1.62. The lowest BCUT2D eigenvalue weighted by atomic mass is 10.0. The van der Waals surface area contributed by atoms with Crippen LogP contribution in [0.4, 0.5) is 8.78 Å². The van der Waals surface area contributed by atoms with Crippen molar-refractivity contribution in [2.45, 2.75) is 0 Å². The molecule has 0 aliphatic rings. The first-order valence-corrected chi connectivity index (χ1v) is 5.20. The van der Waals surface area contributed by atoms with E-state index in [9.17, 15) is 13.6 Å². The summed E-state index contributed by atoms with van der Waals surface area (Å²) in [6.07, 6.45) is 0. The number of carbonyl (C=O) groups excluding carboxylic acids is 1. The minimum atomic E-state index is -0.729. The molecule has 4 heteroatoms. The molecule has 2 aromatic rings. The summed E-state index contributed by atoms with van der Waals surface area (Å²) in [6, 6.07) is 9.33. The van der Waals surface area contributed by atoms with E-state index in [0.29, 0.717) is 11.1 Å². The molecule has 0 aromatic heterocycles. The van der Waals surface area contributed by atoms with Crippen LogP contribution in [0.2, 0.25) is 0 Å². The Kier molecular flexibility index (Phi) is 3.20. The van der Waals surface area contributed by atoms with Crippen LogP contribution in [0, 0.1) is 11.6 Å². The van der Waals surface area contributed by atoms with Crippen LogP contribution >= 0.6 is 11.6 Å². The zero-order valence-electron chi connectivity index (χ0n) is 8.58. The van der Waals surface area contributed by atoms with Gasteiger partial charge in [-0.2, -0.15) is 0 Å². The third-order valence-electron chi connectivity index (χ3n) is 2.30. The molecule has 0 amide bonds. The SMILES string of the molecule is O=C(Cl)c1cc(F)cc(-c2ccc(F)cc2)c1. The average molecular weight is 253 g/mol. The van der Waals surface area contributed by atoms with E-state index in [4.69, 9.17) is 11.6 Å². The van der Waals surface area contributed by atoms with E-state index in [1.165, 1.54) is 36.4 Å². The highest BCUT2D eigenvalue weighted by molar-refractivity contribution is 6.67. The maximum atomic E-state index is 13.3. The normalized spacial score (nSPS) is 10.3. The highest BCUT2D eigenvalue weighted by atomic mass is 35.5. The summed E-state index contributed by atoms with van der Waals surface area (Å²) in [5.41, 5.74) is 1.17. The van der Waals surface area contributed by atoms with Crippen LogP contribution in [0.5, 0.6) is 0 Å². The van der Waals surface area contributed by atoms with Crippen LogP contribution in [-0.2, 0) is 0 Å². The van der Waals surface area contributed by atoms with Crippen molar-refractivity contribution < 1.29 is 13.6 Å². The molecule has 0 aliphatic carbocycles. The number of hydrogen-bond acceptors (Lipinski definition) is 1. The topological polar surface area (TPSA) is 17.1 Å². The zero-order chi connectivity index (χ0) is 12.4. The lowest BCUT2D eigenvalue weighted by Gasteiger charge is -2.04. The van der Waals surface area contributed by atoms with E-state index >= 15 is 0 Å². The first-order valence-electron chi connectivity index (χ1n) is 4.82. The number of hydrogen-bond donors (Lipinski definition) is 0. The van der Waals surface area contributed by atoms with E-state index in [0.717, 1.165) is 6.07 Å². The van der Waals surface area contributed by atoms with E-state index in [1.54, 1.807) is 0 Å². The second kappa shape index (κ2) is 4.63. The van der Waals surface area contributed by atoms with Gasteiger partial charge >= 0.3 is 0 Å². The molecule has 17 heavy (non-hydrogen) atoms. The van der Waals surface area contributed by atoms with Crippen LogP contribution in [0.25, 0.3) is 11.1 Å². The predicted octanol–water partition coefficient (Wildman–Crippen LogP) is 4.01. The second-order valence-corrected chi connectivity index (χ2v) is 3.85. The molecule has 0 fully saturated rings. The minimum absolute atomic E-state index is 0.0750. The molecule has 0 bridgehead atoms. The maximum absolute atomic E-state index is 13.3. The third kappa shape index (κ3) is 2.68. The summed E-state index contributed by atoms with van der Waals surface area (Å²) in [6.45, 7) is 0. The second-order valence-electron chi connectivity index (χ2n) is 3.51. The summed E-state index contributed by atoms with van der Waals surface area (Å²) >= 11 is 5.29. The number of halogens is 3. The van der Waals surface area contributed by atoms with Crippen molar-refractivity contribution >= 4 is 16.8 Å². The Morgan fingerprint density at radius 1 is 0.882 bits per heavy atom. The number of rotatable bonds is 2. The van der Waals surface area contributed by atoms with Gasteiger partial charge in [0.05, 0.1) is 0 Å². The Morgan fingerprint density at radius 2 is 1.53 bits per heavy atom. The Balaban J connectivity index is 2.51. The van der Waals surface area contributed by atoms with Gasteiger partial charge in [0, 0.05) is 5.56 Å². The standard InChI is InChI=1S/C13H7ClF2O/c14-13(17)10-5-9(6-12(16)7-10)8-1-3-11(15)4-2-8/h1-7H. The Bertz CT molecular complexity index is 564. The minimum Gasteiger partial charge on any atom is -0.276 e. The van der Waals surface area contributed by atoms with Crippen molar-refractivity contribution in [3.8, 4) is 11.1 Å². The molecule has 0 saturated carbocycles. The van der Waals surface area contributed by atoms with E-state index in [2.05, 4.69) is 0 Å². The largest absolute Gasteiger partial charge is 0.276 e. The van der Waals surface area contributed by atoms with Crippen LogP contribution in [0.3, 0.4) is 0 Å². The highest BCUT2D eigenvalue weighted by Gasteiger charge is 2.07. The average Bonchev–Trinajstić information content (AvgIpc) is 2.29. The summed E-state index contributed by atoms with van der Waals surface area (Å²) in [5.74, 6) is -0.936. The van der Waals surface area contributed by atoms with Crippen LogP contribution in [0.15, 0.2) is 42.5 Å². The fraction of sp³-hybridized carbons (Fsp3) is 0. The molecule has 0 radical (unpaired) electrons. The summed E-state index contributed by atoms with van der Waals surface area (Å²) in [7, 11) is 0. The Labute approximate surface area is 102 Å². The van der Waals surface area contributed by atoms with Crippen molar-refractivity contribution in [3.63, 3.8) is 0 Å². The molecule has 2 rings (SSSR count). The van der Waals surface area contributed by atoms with Gasteiger partial charge in [-0.05, 0) is 53.1 Å². The Morgan fingerprint density at radius 3 is 2.12 bits per heavy atom. The third-order valence-corrected chi connectivity index (χ3v) is 2.52. The van der Waals surface area contributed by atoms with E-state index in [1.807, 2.05) is 0 Å². The van der Waals surface area contributed by atoms with Crippen molar-refractivity contribution in [1.29, 1.82) is 0 Å². The van der Waals surface area contributed by atoms with E-state index in [-0.39, 0.29) is 11.4 Å². The van der Waals surface area contributed by atoms with Gasteiger partial charge in [0.25, 0.3) is 5.24 Å². The van der Waals surface area contributed by atoms with Gasteiger partial charge in [-0.1, -0.05) is 12.1 Å². The smallest absolute Gasteiger partial charge is 0.252 e. The molecule has 0 spiro atoms. The van der Waals surface area contributed by atoms with Crippen LogP contribution < -0.4 is 0 Å². The molecule has 86 valence electrons. The highest BCUT2D eigenvalue weighted by Crippen LogP contribution is 2.23. The first-order chi connectivity index (χ1) is 8.06. The van der Waals surface area contributed by atoms with Gasteiger partial charge in [0.1, 0.15) is 11.6 Å². The van der Waals surface area contributed by atoms with Crippen molar-refractivity contribution in [1.82, 2.24) is 0 Å². The molecule has 0 unspecified atom stereocenters. The fourth-order valence-electron chi connectivity index (χ4n) is 1.51. The summed E-state index contributed by atoms with van der Waals surface area (Å²) < 4.78 is 26.0. The molecular formula is C13H7ClF2O. The van der Waals surface area contributed by atoms with Crippen LogP contribution in [0.1, 0.15) is 10.4 Å². The lowest BCUT2D eigenvalue weighted by Crippen LogP contribution is -1.92. The van der Waals surface area contributed by atoms with Crippen molar-refractivity contribution in [2.75, 3.05) is 0 Å². The van der Waals surface area contributed by atoms with Gasteiger partial charge in [-0.3, -0.25) is 4.79 Å². The van der Waals surface area contributed by atoms with Crippen LogP contribution in [-0.4, -0.2) is 5.24 Å². The lowest BCUT2D eigenvalue weighted by molar-refractivity contribution is 0.108. The number of benzene rings is 2. The number of carbonyl (C=O) groups is 1. The first kappa shape index (κ1) is 11.7. The molecular weight excluding hydrogens is 246 g/mol. The summed E-state index contributed by atoms with van der Waals surface area (Å²) in [4.78, 5) is 11.0. The van der Waals surface area contributed by atoms with Gasteiger partial charge in [-0.25, -0.2) is 8.78 Å². The zero-order valence-corrected chi connectivity index (χ0v) is 9.34. The molecule has 0 heterocycles. The maximum Gasteiger partial charge on any atom is 0.252 e. The molecule has 2 aromatic carbocycles. The molecule has 0 N–H and O–H groups in total. The van der Waals surface area contributed by atoms with Gasteiger partial charge < -0.3 is 0 Å². The molecule has 0 saturated heterocycles. The van der Waals surface area contributed by atoms with Crippen molar-refractivity contribution in [3.05, 3.63) is 59.7 Å². The van der Waals surface area contributed by atoms with Gasteiger partial charge in [-0.15, -0.1) is 0 Å². The molecule has 1 nitrogen and oxygen atoms in total.